The minimum atomic E-state index is -0.275. The van der Waals surface area contributed by atoms with Crippen LogP contribution in [-0.4, -0.2) is 12.6 Å². The molecule has 0 spiro atoms. The van der Waals surface area contributed by atoms with Gasteiger partial charge in [-0.25, -0.2) is 0 Å². The van der Waals surface area contributed by atoms with E-state index in [1.165, 1.54) is 6.26 Å². The molecule has 0 atom stereocenters. The first-order chi connectivity index (χ1) is 8.15. The topological polar surface area (TPSA) is 35.5 Å². The fourth-order valence-corrected chi connectivity index (χ4v) is 1.37. The SMILES string of the molecule is CCOC(=O)C/C=C/Oc1cccc(C)c1Cl. The van der Waals surface area contributed by atoms with Crippen LogP contribution in [0.15, 0.2) is 30.5 Å². The molecule has 0 aliphatic carbocycles. The number of aryl methyl sites for hydroxylation is 1. The third kappa shape index (κ3) is 4.49. The molecule has 0 N–H and O–H groups in total. The van der Waals surface area contributed by atoms with Crippen LogP contribution in [0.4, 0.5) is 0 Å². The van der Waals surface area contributed by atoms with Gasteiger partial charge in [0.1, 0.15) is 5.75 Å². The Bertz CT molecular complexity index is 413. The normalized spacial score (nSPS) is 10.5. The lowest BCUT2D eigenvalue weighted by atomic mass is 10.2. The summed E-state index contributed by atoms with van der Waals surface area (Å²) in [5.41, 5.74) is 0.947. The van der Waals surface area contributed by atoms with Crippen LogP contribution in [0.5, 0.6) is 5.75 Å². The smallest absolute Gasteiger partial charge is 0.309 e. The van der Waals surface area contributed by atoms with Gasteiger partial charge in [-0.1, -0.05) is 23.7 Å². The molecule has 0 aliphatic heterocycles. The van der Waals surface area contributed by atoms with E-state index in [2.05, 4.69) is 0 Å². The van der Waals surface area contributed by atoms with Crippen LogP contribution < -0.4 is 4.74 Å². The number of halogens is 1. The van der Waals surface area contributed by atoms with Crippen molar-refractivity contribution in [2.75, 3.05) is 6.61 Å². The Morgan fingerprint density at radius 1 is 1.47 bits per heavy atom. The molecule has 0 saturated carbocycles. The molecule has 0 saturated heterocycles. The number of benzene rings is 1. The molecule has 0 bridgehead atoms. The second-order valence-electron chi connectivity index (χ2n) is 3.39. The molecule has 1 aromatic rings. The van der Waals surface area contributed by atoms with Crippen LogP contribution in [0.25, 0.3) is 0 Å². The minimum absolute atomic E-state index is 0.192. The molecule has 0 unspecified atom stereocenters. The number of rotatable bonds is 5. The fraction of sp³-hybridized carbons (Fsp3) is 0.308. The van der Waals surface area contributed by atoms with Crippen molar-refractivity contribution in [3.63, 3.8) is 0 Å². The van der Waals surface area contributed by atoms with Gasteiger partial charge in [0, 0.05) is 0 Å². The number of hydrogen-bond acceptors (Lipinski definition) is 3. The Morgan fingerprint density at radius 2 is 2.24 bits per heavy atom. The van der Waals surface area contributed by atoms with Crippen molar-refractivity contribution in [2.45, 2.75) is 20.3 Å². The van der Waals surface area contributed by atoms with Gasteiger partial charge >= 0.3 is 5.97 Å². The van der Waals surface area contributed by atoms with E-state index in [1.54, 1.807) is 19.1 Å². The molecule has 0 aromatic heterocycles. The molecule has 0 amide bonds. The summed E-state index contributed by atoms with van der Waals surface area (Å²) in [5, 5.41) is 0.577. The number of carbonyl (C=O) groups excluding carboxylic acids is 1. The van der Waals surface area contributed by atoms with Crippen molar-refractivity contribution in [3.05, 3.63) is 41.1 Å². The van der Waals surface area contributed by atoms with E-state index in [9.17, 15) is 4.79 Å². The Kier molecular flexibility index (Phi) is 5.57. The number of carbonyl (C=O) groups is 1. The molecule has 0 heterocycles. The summed E-state index contributed by atoms with van der Waals surface area (Å²) in [6.45, 7) is 4.05. The van der Waals surface area contributed by atoms with Crippen LogP contribution in [0.3, 0.4) is 0 Å². The van der Waals surface area contributed by atoms with Gasteiger partial charge < -0.3 is 9.47 Å². The van der Waals surface area contributed by atoms with Crippen LogP contribution in [-0.2, 0) is 9.53 Å². The van der Waals surface area contributed by atoms with Crippen molar-refractivity contribution < 1.29 is 14.3 Å². The molecule has 0 aliphatic rings. The molecular weight excluding hydrogens is 240 g/mol. The van der Waals surface area contributed by atoms with Crippen molar-refractivity contribution in [1.82, 2.24) is 0 Å². The quantitative estimate of drug-likeness (QED) is 0.596. The first-order valence-electron chi connectivity index (χ1n) is 5.37. The van der Waals surface area contributed by atoms with Crippen molar-refractivity contribution >= 4 is 17.6 Å². The van der Waals surface area contributed by atoms with Gasteiger partial charge in [-0.05, 0) is 31.6 Å². The predicted molar refractivity (Wildman–Crippen MR) is 67.2 cm³/mol. The highest BCUT2D eigenvalue weighted by Gasteiger charge is 2.02. The van der Waals surface area contributed by atoms with Gasteiger partial charge in [-0.3, -0.25) is 4.79 Å². The van der Waals surface area contributed by atoms with E-state index < -0.39 is 0 Å². The highest BCUT2D eigenvalue weighted by Crippen LogP contribution is 2.27. The number of ether oxygens (including phenoxy) is 2. The minimum Gasteiger partial charge on any atom is -0.466 e. The first kappa shape index (κ1) is 13.6. The van der Waals surface area contributed by atoms with Crippen LogP contribution in [0.2, 0.25) is 5.02 Å². The van der Waals surface area contributed by atoms with Gasteiger partial charge in [0.25, 0.3) is 0 Å². The Balaban J connectivity index is 2.47. The maximum atomic E-state index is 11.0. The zero-order chi connectivity index (χ0) is 12.7. The summed E-state index contributed by atoms with van der Waals surface area (Å²) in [6, 6.07) is 5.53. The van der Waals surface area contributed by atoms with E-state index in [0.717, 1.165) is 5.56 Å². The second-order valence-corrected chi connectivity index (χ2v) is 3.76. The zero-order valence-electron chi connectivity index (χ0n) is 9.90. The average molecular weight is 255 g/mol. The van der Waals surface area contributed by atoms with Crippen molar-refractivity contribution in [3.8, 4) is 5.75 Å². The van der Waals surface area contributed by atoms with Gasteiger partial charge in [0.2, 0.25) is 0 Å². The summed E-state index contributed by atoms with van der Waals surface area (Å²) < 4.78 is 10.1. The van der Waals surface area contributed by atoms with E-state index in [0.29, 0.717) is 17.4 Å². The number of hydrogen-bond donors (Lipinski definition) is 0. The lowest BCUT2D eigenvalue weighted by Gasteiger charge is -2.04. The second kappa shape index (κ2) is 6.97. The van der Waals surface area contributed by atoms with Gasteiger partial charge in [0.05, 0.1) is 24.3 Å². The average Bonchev–Trinajstić information content (AvgIpc) is 2.30. The molecule has 92 valence electrons. The Labute approximate surface area is 106 Å². The Morgan fingerprint density at radius 3 is 2.94 bits per heavy atom. The highest BCUT2D eigenvalue weighted by molar-refractivity contribution is 6.32. The molecular formula is C13H15ClO3. The van der Waals surface area contributed by atoms with Gasteiger partial charge in [0.15, 0.2) is 0 Å². The number of esters is 1. The molecule has 0 fully saturated rings. The first-order valence-corrected chi connectivity index (χ1v) is 5.75. The molecule has 1 rings (SSSR count). The largest absolute Gasteiger partial charge is 0.466 e. The van der Waals surface area contributed by atoms with E-state index >= 15 is 0 Å². The zero-order valence-corrected chi connectivity index (χ0v) is 10.7. The summed E-state index contributed by atoms with van der Waals surface area (Å²) in [6.07, 6.45) is 3.23. The maximum Gasteiger partial charge on any atom is 0.309 e. The standard InChI is InChI=1S/C13H15ClO3/c1-3-16-12(15)8-5-9-17-11-7-4-6-10(2)13(11)14/h4-7,9H,3,8H2,1-2H3/b9-5+. The molecule has 17 heavy (non-hydrogen) atoms. The predicted octanol–water partition coefficient (Wildman–Crippen LogP) is 3.49. The molecule has 3 nitrogen and oxygen atoms in total. The van der Waals surface area contributed by atoms with E-state index in [-0.39, 0.29) is 12.4 Å². The van der Waals surface area contributed by atoms with Crippen LogP contribution in [0.1, 0.15) is 18.9 Å². The summed E-state index contributed by atoms with van der Waals surface area (Å²) >= 11 is 6.03. The van der Waals surface area contributed by atoms with Crippen LogP contribution >= 0.6 is 11.6 Å². The molecule has 1 aromatic carbocycles. The summed E-state index contributed by atoms with van der Waals surface area (Å²) in [5.74, 6) is 0.300. The maximum absolute atomic E-state index is 11.0. The lowest BCUT2D eigenvalue weighted by molar-refractivity contribution is -0.142. The summed E-state index contributed by atoms with van der Waals surface area (Å²) in [7, 11) is 0. The van der Waals surface area contributed by atoms with Crippen LogP contribution in [0, 0.1) is 6.92 Å². The van der Waals surface area contributed by atoms with E-state index in [4.69, 9.17) is 21.1 Å². The third-order valence-corrected chi connectivity index (χ3v) is 2.52. The summed E-state index contributed by atoms with van der Waals surface area (Å²) in [4.78, 5) is 11.0. The van der Waals surface area contributed by atoms with Crippen molar-refractivity contribution in [1.29, 1.82) is 0 Å². The third-order valence-electron chi connectivity index (χ3n) is 2.04. The monoisotopic (exact) mass is 254 g/mol. The highest BCUT2D eigenvalue weighted by atomic mass is 35.5. The Hall–Kier alpha value is -1.48. The van der Waals surface area contributed by atoms with Gasteiger partial charge in [-0.2, -0.15) is 0 Å². The lowest BCUT2D eigenvalue weighted by Crippen LogP contribution is -2.01. The molecule has 4 heteroatoms. The fourth-order valence-electron chi connectivity index (χ4n) is 1.20. The van der Waals surface area contributed by atoms with Crippen molar-refractivity contribution in [2.24, 2.45) is 0 Å². The van der Waals surface area contributed by atoms with Gasteiger partial charge in [-0.15, -0.1) is 0 Å². The van der Waals surface area contributed by atoms with E-state index in [1.807, 2.05) is 19.1 Å². The molecule has 0 radical (unpaired) electrons.